The predicted molar refractivity (Wildman–Crippen MR) is 80.7 cm³/mol. The third-order valence-electron chi connectivity index (χ3n) is 3.04. The van der Waals surface area contributed by atoms with E-state index in [-0.39, 0.29) is 11.9 Å². The molecule has 0 spiro atoms. The predicted octanol–water partition coefficient (Wildman–Crippen LogP) is 4.86. The fourth-order valence-corrected chi connectivity index (χ4v) is 3.31. The van der Waals surface area contributed by atoms with E-state index >= 15 is 0 Å². The number of rotatable bonds is 4. The van der Waals surface area contributed by atoms with Crippen LogP contribution in [0.2, 0.25) is 5.02 Å². The third kappa shape index (κ3) is 3.16. The molecule has 1 heterocycles. The van der Waals surface area contributed by atoms with E-state index in [2.05, 4.69) is 31.3 Å². The maximum Gasteiger partial charge on any atom is 0.127 e. The molecule has 0 fully saturated rings. The second-order valence-corrected chi connectivity index (χ2v) is 6.29. The highest BCUT2D eigenvalue weighted by atomic mass is 35.5. The Bertz CT molecular complexity index is 580. The lowest BCUT2D eigenvalue weighted by Gasteiger charge is -2.19. The Morgan fingerprint density at radius 1 is 1.32 bits per heavy atom. The van der Waals surface area contributed by atoms with Gasteiger partial charge in [-0.05, 0) is 55.8 Å². The van der Waals surface area contributed by atoms with E-state index in [0.29, 0.717) is 10.6 Å². The van der Waals surface area contributed by atoms with E-state index in [1.54, 1.807) is 18.3 Å². The van der Waals surface area contributed by atoms with Crippen molar-refractivity contribution in [1.29, 1.82) is 0 Å². The average molecular weight is 298 g/mol. The van der Waals surface area contributed by atoms with E-state index in [9.17, 15) is 4.39 Å². The highest BCUT2D eigenvalue weighted by Gasteiger charge is 2.19. The van der Waals surface area contributed by atoms with Crippen molar-refractivity contribution in [2.45, 2.75) is 26.8 Å². The monoisotopic (exact) mass is 297 g/mol. The summed E-state index contributed by atoms with van der Waals surface area (Å²) in [4.78, 5) is 2.46. The van der Waals surface area contributed by atoms with E-state index in [0.717, 1.165) is 12.1 Å². The van der Waals surface area contributed by atoms with Crippen LogP contribution in [0.1, 0.15) is 33.8 Å². The van der Waals surface area contributed by atoms with Gasteiger partial charge in [0.15, 0.2) is 0 Å². The summed E-state index contributed by atoms with van der Waals surface area (Å²) in [6, 6.07) is 7.45. The van der Waals surface area contributed by atoms with Gasteiger partial charge in [0.1, 0.15) is 5.82 Å². The fraction of sp³-hybridized carbons (Fsp3) is 0.333. The normalized spacial score (nSPS) is 12.7. The zero-order valence-electron chi connectivity index (χ0n) is 11.3. The standard InChI is InChI=1S/C15H17ClFNS/c1-4-18-15(14-6-5-10(3)19-14)11-7-9(2)13(17)8-12(11)16/h5-8,15,18H,4H2,1-3H3. The molecule has 0 aliphatic rings. The molecule has 0 saturated carbocycles. The topological polar surface area (TPSA) is 12.0 Å². The van der Waals surface area contributed by atoms with Crippen molar-refractivity contribution in [3.63, 3.8) is 0 Å². The summed E-state index contributed by atoms with van der Waals surface area (Å²) < 4.78 is 13.5. The summed E-state index contributed by atoms with van der Waals surface area (Å²) >= 11 is 7.95. The largest absolute Gasteiger partial charge is 0.306 e. The van der Waals surface area contributed by atoms with Gasteiger partial charge in [0.05, 0.1) is 6.04 Å². The van der Waals surface area contributed by atoms with E-state index < -0.39 is 0 Å². The molecule has 1 unspecified atom stereocenters. The number of thiophene rings is 1. The number of aryl methyl sites for hydroxylation is 2. The third-order valence-corrected chi connectivity index (χ3v) is 4.44. The second-order valence-electron chi connectivity index (χ2n) is 4.56. The molecule has 0 aliphatic carbocycles. The minimum Gasteiger partial charge on any atom is -0.306 e. The van der Waals surface area contributed by atoms with Crippen LogP contribution in [0.4, 0.5) is 4.39 Å². The molecule has 1 nitrogen and oxygen atoms in total. The summed E-state index contributed by atoms with van der Waals surface area (Å²) in [5, 5.41) is 3.89. The number of benzene rings is 1. The minimum absolute atomic E-state index is 0.0236. The second kappa shape index (κ2) is 6.04. The van der Waals surface area contributed by atoms with Crippen LogP contribution in [0.5, 0.6) is 0 Å². The fourth-order valence-electron chi connectivity index (χ4n) is 2.08. The molecule has 0 radical (unpaired) electrons. The molecular formula is C15H17ClFNS. The van der Waals surface area contributed by atoms with E-state index in [1.807, 2.05) is 6.07 Å². The first-order valence-corrected chi connectivity index (χ1v) is 7.47. The molecule has 0 saturated heterocycles. The Balaban J connectivity index is 2.47. The van der Waals surface area contributed by atoms with Crippen LogP contribution >= 0.6 is 22.9 Å². The first kappa shape index (κ1) is 14.5. The maximum absolute atomic E-state index is 13.5. The van der Waals surface area contributed by atoms with Gasteiger partial charge in [-0.1, -0.05) is 18.5 Å². The molecule has 1 atom stereocenters. The van der Waals surface area contributed by atoms with Crippen molar-refractivity contribution in [2.75, 3.05) is 6.54 Å². The van der Waals surface area contributed by atoms with Gasteiger partial charge in [0.2, 0.25) is 0 Å². The lowest BCUT2D eigenvalue weighted by Crippen LogP contribution is -2.21. The van der Waals surface area contributed by atoms with Crippen molar-refractivity contribution in [3.05, 3.63) is 56.0 Å². The van der Waals surface area contributed by atoms with Crippen molar-refractivity contribution < 1.29 is 4.39 Å². The van der Waals surface area contributed by atoms with Gasteiger partial charge in [-0.15, -0.1) is 11.3 Å². The maximum atomic E-state index is 13.5. The number of hydrogen-bond acceptors (Lipinski definition) is 2. The van der Waals surface area contributed by atoms with Gasteiger partial charge in [-0.3, -0.25) is 0 Å². The molecule has 1 aromatic carbocycles. The van der Waals surface area contributed by atoms with E-state index in [4.69, 9.17) is 11.6 Å². The van der Waals surface area contributed by atoms with Crippen molar-refractivity contribution >= 4 is 22.9 Å². The summed E-state index contributed by atoms with van der Waals surface area (Å²) in [6.07, 6.45) is 0. The Hall–Kier alpha value is -0.900. The quantitative estimate of drug-likeness (QED) is 0.850. The summed E-state index contributed by atoms with van der Waals surface area (Å²) in [5.74, 6) is -0.258. The number of nitrogens with one attached hydrogen (secondary N) is 1. The van der Waals surface area contributed by atoms with Crippen LogP contribution in [-0.4, -0.2) is 6.54 Å². The molecule has 19 heavy (non-hydrogen) atoms. The minimum atomic E-state index is -0.258. The Morgan fingerprint density at radius 2 is 2.05 bits per heavy atom. The Morgan fingerprint density at radius 3 is 2.63 bits per heavy atom. The van der Waals surface area contributed by atoms with Crippen LogP contribution in [0.25, 0.3) is 0 Å². The van der Waals surface area contributed by atoms with E-state index in [1.165, 1.54) is 15.8 Å². The Kier molecular flexibility index (Phi) is 4.61. The zero-order valence-corrected chi connectivity index (χ0v) is 12.8. The number of halogens is 2. The van der Waals surface area contributed by atoms with Crippen molar-refractivity contribution in [3.8, 4) is 0 Å². The van der Waals surface area contributed by atoms with Gasteiger partial charge in [0.25, 0.3) is 0 Å². The molecule has 2 aromatic rings. The molecule has 0 aliphatic heterocycles. The van der Waals surface area contributed by atoms with Crippen molar-refractivity contribution in [2.24, 2.45) is 0 Å². The molecule has 0 bridgehead atoms. The van der Waals surface area contributed by atoms with Gasteiger partial charge in [-0.2, -0.15) is 0 Å². The number of hydrogen-bond donors (Lipinski definition) is 1. The van der Waals surface area contributed by atoms with Crippen LogP contribution in [0.3, 0.4) is 0 Å². The summed E-state index contributed by atoms with van der Waals surface area (Å²) in [7, 11) is 0. The first-order valence-electron chi connectivity index (χ1n) is 6.28. The molecule has 4 heteroatoms. The van der Waals surface area contributed by atoms with Gasteiger partial charge in [0, 0.05) is 14.8 Å². The summed E-state index contributed by atoms with van der Waals surface area (Å²) in [6.45, 7) is 6.72. The van der Waals surface area contributed by atoms with Gasteiger partial charge < -0.3 is 5.32 Å². The highest BCUT2D eigenvalue weighted by molar-refractivity contribution is 7.12. The molecule has 1 aromatic heterocycles. The first-order chi connectivity index (χ1) is 9.02. The van der Waals surface area contributed by atoms with Crippen LogP contribution in [-0.2, 0) is 0 Å². The van der Waals surface area contributed by atoms with Gasteiger partial charge in [-0.25, -0.2) is 4.39 Å². The molecule has 1 N–H and O–H groups in total. The van der Waals surface area contributed by atoms with Crippen LogP contribution in [0.15, 0.2) is 24.3 Å². The highest BCUT2D eigenvalue weighted by Crippen LogP contribution is 2.33. The average Bonchev–Trinajstić information content (AvgIpc) is 2.78. The molecule has 0 amide bonds. The smallest absolute Gasteiger partial charge is 0.127 e. The van der Waals surface area contributed by atoms with Gasteiger partial charge >= 0.3 is 0 Å². The Labute approximate surface area is 122 Å². The van der Waals surface area contributed by atoms with Crippen LogP contribution < -0.4 is 5.32 Å². The summed E-state index contributed by atoms with van der Waals surface area (Å²) in [5.41, 5.74) is 1.56. The molecule has 2 rings (SSSR count). The zero-order chi connectivity index (χ0) is 14.0. The van der Waals surface area contributed by atoms with Crippen molar-refractivity contribution in [1.82, 2.24) is 5.32 Å². The SMILES string of the molecule is CCNC(c1ccc(C)s1)c1cc(C)c(F)cc1Cl. The lowest BCUT2D eigenvalue weighted by atomic mass is 10.0. The van der Waals surface area contributed by atoms with Crippen LogP contribution in [0, 0.1) is 19.7 Å². The molecule has 102 valence electrons. The molecular weight excluding hydrogens is 281 g/mol. The lowest BCUT2D eigenvalue weighted by molar-refractivity contribution is 0.609.